The van der Waals surface area contributed by atoms with Crippen LogP contribution in [-0.4, -0.2) is 7.11 Å². The normalized spacial score (nSPS) is 20.3. The van der Waals surface area contributed by atoms with Gasteiger partial charge in [-0.2, -0.15) is 15.8 Å². The van der Waals surface area contributed by atoms with Crippen LogP contribution in [0.2, 0.25) is 0 Å². The lowest BCUT2D eigenvalue weighted by Crippen LogP contribution is -2.42. The Morgan fingerprint density at radius 1 is 1.03 bits per heavy atom. The molecule has 2 aromatic rings. The van der Waals surface area contributed by atoms with Crippen molar-refractivity contribution >= 4 is 0 Å². The van der Waals surface area contributed by atoms with Crippen LogP contribution in [0, 0.1) is 66.1 Å². The number of hydrogen-bond acceptors (Lipinski definition) is 6. The predicted octanol–water partition coefficient (Wildman–Crippen LogP) is 5.79. The molecule has 0 radical (unpaired) electrons. The van der Waals surface area contributed by atoms with Crippen molar-refractivity contribution in [3.05, 3.63) is 81.1 Å². The molecule has 0 saturated heterocycles. The number of hydrogen-bond donors (Lipinski definition) is 1. The summed E-state index contributed by atoms with van der Waals surface area (Å²) in [5.41, 5.74) is 11.4. The Balaban J connectivity index is 1.76. The Labute approximate surface area is 212 Å². The molecule has 4 rings (SSSR count). The number of fused-ring (bicyclic) bond motifs is 1. The van der Waals surface area contributed by atoms with E-state index < -0.39 is 11.3 Å². The fourth-order valence-corrected chi connectivity index (χ4v) is 5.83. The molecule has 6 heteroatoms. The lowest BCUT2D eigenvalue weighted by Gasteiger charge is -2.43. The Morgan fingerprint density at radius 2 is 1.72 bits per heavy atom. The van der Waals surface area contributed by atoms with Crippen LogP contribution in [0.25, 0.3) is 0 Å². The molecule has 2 atom stereocenters. The van der Waals surface area contributed by atoms with Gasteiger partial charge in [0, 0.05) is 5.92 Å². The van der Waals surface area contributed by atoms with Gasteiger partial charge in [-0.3, -0.25) is 0 Å². The number of allylic oxidation sites excluding steroid dienone is 4. The highest BCUT2D eigenvalue weighted by Gasteiger charge is 2.53. The van der Waals surface area contributed by atoms with Gasteiger partial charge in [0.2, 0.25) is 0 Å². The Morgan fingerprint density at radius 3 is 2.33 bits per heavy atom. The summed E-state index contributed by atoms with van der Waals surface area (Å²) in [5.74, 6) is 0.418. The summed E-state index contributed by atoms with van der Waals surface area (Å²) < 4.78 is 11.9. The van der Waals surface area contributed by atoms with Gasteiger partial charge in [0.05, 0.1) is 30.5 Å². The number of methoxy groups -OCH3 is 1. The quantitative estimate of drug-likeness (QED) is 0.581. The minimum absolute atomic E-state index is 0.0361. The van der Waals surface area contributed by atoms with Gasteiger partial charge in [0.1, 0.15) is 12.7 Å². The van der Waals surface area contributed by atoms with Crippen molar-refractivity contribution in [1.82, 2.24) is 0 Å². The largest absolute Gasteiger partial charge is 0.493 e. The standard InChI is InChI=1S/C30H30N4O2/c1-18-11-19(2)25(20(3)12-18)15-36-26-10-9-21(13-27(26)35-4)28-23-8-6-5-7-22(23)24(14-31)29(34)30(28,16-32)17-33/h7,9-13,23,28H,5-6,8,15,34H2,1-4H3/t23-,28+/m1/s1. The van der Waals surface area contributed by atoms with Gasteiger partial charge in [-0.25, -0.2) is 0 Å². The van der Waals surface area contributed by atoms with Gasteiger partial charge in [-0.15, -0.1) is 0 Å². The molecule has 36 heavy (non-hydrogen) atoms. The molecule has 0 saturated carbocycles. The average molecular weight is 479 g/mol. The van der Waals surface area contributed by atoms with Crippen LogP contribution in [-0.2, 0) is 6.61 Å². The first-order chi connectivity index (χ1) is 17.3. The zero-order chi connectivity index (χ0) is 26.0. The highest BCUT2D eigenvalue weighted by Crippen LogP contribution is 2.56. The van der Waals surface area contributed by atoms with Crippen LogP contribution >= 0.6 is 0 Å². The first-order valence-electron chi connectivity index (χ1n) is 12.1. The Bertz CT molecular complexity index is 1360. The van der Waals surface area contributed by atoms with Crippen LogP contribution in [0.4, 0.5) is 0 Å². The molecule has 0 bridgehead atoms. The maximum atomic E-state index is 10.2. The van der Waals surface area contributed by atoms with Gasteiger partial charge in [0.25, 0.3) is 0 Å². The van der Waals surface area contributed by atoms with E-state index in [1.165, 1.54) is 16.7 Å². The van der Waals surface area contributed by atoms with E-state index in [-0.39, 0.29) is 17.2 Å². The number of benzene rings is 2. The van der Waals surface area contributed by atoms with E-state index in [0.717, 1.165) is 36.0 Å². The van der Waals surface area contributed by atoms with E-state index in [9.17, 15) is 15.8 Å². The van der Waals surface area contributed by atoms with Crippen molar-refractivity contribution < 1.29 is 9.47 Å². The molecule has 0 heterocycles. The van der Waals surface area contributed by atoms with Crippen molar-refractivity contribution in [3.63, 3.8) is 0 Å². The van der Waals surface area contributed by atoms with Crippen LogP contribution < -0.4 is 15.2 Å². The molecular weight excluding hydrogens is 448 g/mol. The van der Waals surface area contributed by atoms with Crippen LogP contribution in [0.15, 0.2) is 53.3 Å². The van der Waals surface area contributed by atoms with Gasteiger partial charge in [0.15, 0.2) is 16.9 Å². The van der Waals surface area contributed by atoms with Gasteiger partial charge in [-0.1, -0.05) is 29.8 Å². The van der Waals surface area contributed by atoms with E-state index in [0.29, 0.717) is 18.1 Å². The highest BCUT2D eigenvalue weighted by molar-refractivity contribution is 5.60. The molecule has 2 aromatic carbocycles. The number of aryl methyl sites for hydroxylation is 3. The maximum Gasteiger partial charge on any atom is 0.191 e. The third-order valence-electron chi connectivity index (χ3n) is 7.56. The topological polar surface area (TPSA) is 116 Å². The molecule has 2 N–H and O–H groups in total. The van der Waals surface area contributed by atoms with Crippen LogP contribution in [0.5, 0.6) is 11.5 Å². The first kappa shape index (κ1) is 24.9. The number of nitrogens with zero attached hydrogens (tertiary/aromatic N) is 3. The lowest BCUT2D eigenvalue weighted by molar-refractivity contribution is 0.281. The van der Waals surface area contributed by atoms with E-state index >= 15 is 0 Å². The Hall–Kier alpha value is -4.21. The molecule has 0 aliphatic heterocycles. The third-order valence-corrected chi connectivity index (χ3v) is 7.56. The second kappa shape index (κ2) is 9.80. The molecule has 2 aliphatic carbocycles. The fourth-order valence-electron chi connectivity index (χ4n) is 5.83. The number of nitriles is 3. The SMILES string of the molecule is COc1cc([C@H]2[C@@H]3CCCC=C3C(C#N)=C(N)C2(C#N)C#N)ccc1OCc1c(C)cc(C)cc1C. The van der Waals surface area contributed by atoms with E-state index in [2.05, 4.69) is 51.1 Å². The summed E-state index contributed by atoms with van der Waals surface area (Å²) in [6.07, 6.45) is 4.57. The molecule has 0 amide bonds. The summed E-state index contributed by atoms with van der Waals surface area (Å²) in [7, 11) is 1.57. The molecular formula is C30H30N4O2. The molecule has 0 fully saturated rings. The highest BCUT2D eigenvalue weighted by atomic mass is 16.5. The number of nitrogens with two attached hydrogens (primary N) is 1. The monoisotopic (exact) mass is 478 g/mol. The smallest absolute Gasteiger partial charge is 0.191 e. The lowest BCUT2D eigenvalue weighted by atomic mass is 9.57. The molecule has 0 spiro atoms. The number of rotatable bonds is 5. The van der Waals surface area contributed by atoms with E-state index in [4.69, 9.17) is 15.2 Å². The molecule has 0 aromatic heterocycles. The molecule has 182 valence electrons. The summed E-state index contributed by atoms with van der Waals surface area (Å²) in [6, 6.07) is 16.4. The van der Waals surface area contributed by atoms with E-state index in [1.54, 1.807) is 7.11 Å². The van der Waals surface area contributed by atoms with Crippen molar-refractivity contribution in [2.24, 2.45) is 17.1 Å². The van der Waals surface area contributed by atoms with Gasteiger partial charge >= 0.3 is 0 Å². The summed E-state index contributed by atoms with van der Waals surface area (Å²) in [4.78, 5) is 0. The minimum Gasteiger partial charge on any atom is -0.493 e. The third kappa shape index (κ3) is 3.98. The van der Waals surface area contributed by atoms with Gasteiger partial charge < -0.3 is 15.2 Å². The zero-order valence-corrected chi connectivity index (χ0v) is 21.2. The fraction of sp³-hybridized carbons (Fsp3) is 0.367. The molecule has 0 unspecified atom stereocenters. The van der Waals surface area contributed by atoms with Gasteiger partial charge in [-0.05, 0) is 85.9 Å². The first-order valence-corrected chi connectivity index (χ1v) is 12.1. The van der Waals surface area contributed by atoms with E-state index in [1.807, 2.05) is 24.3 Å². The maximum absolute atomic E-state index is 10.2. The summed E-state index contributed by atoms with van der Waals surface area (Å²) in [6.45, 7) is 6.63. The van der Waals surface area contributed by atoms with Crippen LogP contribution in [0.3, 0.4) is 0 Å². The average Bonchev–Trinajstić information content (AvgIpc) is 2.87. The minimum atomic E-state index is -1.64. The van der Waals surface area contributed by atoms with Crippen molar-refractivity contribution in [2.45, 2.75) is 52.6 Å². The second-order valence-corrected chi connectivity index (χ2v) is 9.68. The molecule has 2 aliphatic rings. The summed E-state index contributed by atoms with van der Waals surface area (Å²) >= 11 is 0. The Kier molecular flexibility index (Phi) is 6.78. The van der Waals surface area contributed by atoms with Crippen LogP contribution in [0.1, 0.15) is 53.0 Å². The molecule has 6 nitrogen and oxygen atoms in total. The zero-order valence-electron chi connectivity index (χ0n) is 21.2. The summed E-state index contributed by atoms with van der Waals surface area (Å²) in [5, 5.41) is 30.3. The van der Waals surface area contributed by atoms with Crippen molar-refractivity contribution in [1.29, 1.82) is 15.8 Å². The van der Waals surface area contributed by atoms with Crippen molar-refractivity contribution in [3.8, 4) is 29.7 Å². The number of ether oxygens (including phenoxy) is 2. The second-order valence-electron chi connectivity index (χ2n) is 9.68. The predicted molar refractivity (Wildman–Crippen MR) is 137 cm³/mol. The van der Waals surface area contributed by atoms with Crippen molar-refractivity contribution in [2.75, 3.05) is 7.11 Å².